The number of para-hydroxylation sites is 1. The summed E-state index contributed by atoms with van der Waals surface area (Å²) in [5, 5.41) is 18.2. The van der Waals surface area contributed by atoms with E-state index in [1.807, 2.05) is 0 Å². The summed E-state index contributed by atoms with van der Waals surface area (Å²) >= 11 is 0. The molecule has 0 fully saturated rings. The molecule has 0 aliphatic heterocycles. The van der Waals surface area contributed by atoms with Crippen molar-refractivity contribution < 1.29 is 24.2 Å². The first-order valence-electron chi connectivity index (χ1n) is 13.3. The number of aromatic hydroxyl groups is 1. The first-order valence-corrected chi connectivity index (χ1v) is 13.3. The van der Waals surface area contributed by atoms with Crippen LogP contribution < -0.4 is 20.7 Å². The van der Waals surface area contributed by atoms with E-state index in [1.165, 1.54) is 6.42 Å². The quantitative estimate of drug-likeness (QED) is 0.217. The number of ether oxygens (including phenoxy) is 1. The van der Waals surface area contributed by atoms with E-state index in [4.69, 9.17) is 4.74 Å². The van der Waals surface area contributed by atoms with Gasteiger partial charge in [0.15, 0.2) is 0 Å². The molecule has 206 valence electrons. The number of phenolic OH excluding ortho intramolecular Hbond substituents is 1. The van der Waals surface area contributed by atoms with E-state index < -0.39 is 11.9 Å². The van der Waals surface area contributed by atoms with Gasteiger partial charge in [-0.05, 0) is 60.5 Å². The minimum absolute atomic E-state index is 0.123. The second kappa shape index (κ2) is 15.2. The Morgan fingerprint density at radius 3 is 2.23 bits per heavy atom. The van der Waals surface area contributed by atoms with Crippen molar-refractivity contribution in [3.8, 4) is 11.5 Å². The number of amides is 3. The third kappa shape index (κ3) is 9.17. The SMILES string of the molecule is CCCCCCCNC(=O)[C@@H](Cc1ccc(O)cc1)NC(=O)c1ccccc1NC(=O)c1ccc(OC)cc1. The van der Waals surface area contributed by atoms with Gasteiger partial charge < -0.3 is 25.8 Å². The van der Waals surface area contributed by atoms with Gasteiger partial charge in [-0.25, -0.2) is 0 Å². The van der Waals surface area contributed by atoms with E-state index in [0.29, 0.717) is 23.5 Å². The highest BCUT2D eigenvalue weighted by Gasteiger charge is 2.23. The van der Waals surface area contributed by atoms with Gasteiger partial charge in [0, 0.05) is 18.5 Å². The monoisotopic (exact) mass is 531 g/mol. The zero-order chi connectivity index (χ0) is 28.0. The second-order valence-corrected chi connectivity index (χ2v) is 9.33. The Labute approximate surface area is 229 Å². The molecule has 0 unspecified atom stereocenters. The molecule has 0 aliphatic rings. The van der Waals surface area contributed by atoms with E-state index in [2.05, 4.69) is 22.9 Å². The summed E-state index contributed by atoms with van der Waals surface area (Å²) in [6.07, 6.45) is 5.58. The maximum atomic E-state index is 13.4. The molecule has 0 aliphatic carbocycles. The predicted octanol–water partition coefficient (Wildman–Crippen LogP) is 5.08. The Hall–Kier alpha value is -4.33. The highest BCUT2D eigenvalue weighted by atomic mass is 16.5. The van der Waals surface area contributed by atoms with Crippen LogP contribution in [0.15, 0.2) is 72.8 Å². The van der Waals surface area contributed by atoms with Crippen LogP contribution in [0.1, 0.15) is 65.3 Å². The van der Waals surface area contributed by atoms with Crippen LogP contribution in [-0.2, 0) is 11.2 Å². The third-order valence-electron chi connectivity index (χ3n) is 6.35. The van der Waals surface area contributed by atoms with Crippen LogP contribution in [0.4, 0.5) is 5.69 Å². The van der Waals surface area contributed by atoms with Crippen LogP contribution in [0.25, 0.3) is 0 Å². The Morgan fingerprint density at radius 1 is 0.846 bits per heavy atom. The van der Waals surface area contributed by atoms with Gasteiger partial charge in [0.25, 0.3) is 11.8 Å². The topological polar surface area (TPSA) is 117 Å². The maximum absolute atomic E-state index is 13.4. The summed E-state index contributed by atoms with van der Waals surface area (Å²) in [7, 11) is 1.55. The standard InChI is InChI=1S/C31H37N3O5/c1-3-4-5-6-9-20-32-31(38)28(21-22-12-16-24(35)17-13-22)34-30(37)26-10-7-8-11-27(26)33-29(36)23-14-18-25(39-2)19-15-23/h7-8,10-19,28,35H,3-6,9,20-21H2,1-2H3,(H,32,38)(H,33,36)(H,34,37)/t28-/m1/s1. The number of hydrogen-bond donors (Lipinski definition) is 4. The van der Waals surface area contributed by atoms with Crippen molar-refractivity contribution in [1.29, 1.82) is 0 Å². The van der Waals surface area contributed by atoms with Crippen LogP contribution in [-0.4, -0.2) is 42.5 Å². The fourth-order valence-corrected chi connectivity index (χ4v) is 4.10. The lowest BCUT2D eigenvalue weighted by molar-refractivity contribution is -0.122. The zero-order valence-corrected chi connectivity index (χ0v) is 22.5. The summed E-state index contributed by atoms with van der Waals surface area (Å²) in [5.41, 5.74) is 1.77. The van der Waals surface area contributed by atoms with Crippen LogP contribution in [0.5, 0.6) is 11.5 Å². The molecule has 3 aromatic rings. The number of phenols is 1. The summed E-state index contributed by atoms with van der Waals surface area (Å²) in [4.78, 5) is 39.3. The van der Waals surface area contributed by atoms with Crippen molar-refractivity contribution in [2.24, 2.45) is 0 Å². The number of unbranched alkanes of at least 4 members (excludes halogenated alkanes) is 4. The molecule has 3 rings (SSSR count). The zero-order valence-electron chi connectivity index (χ0n) is 22.5. The van der Waals surface area contributed by atoms with Crippen molar-refractivity contribution in [2.75, 3.05) is 19.0 Å². The molecule has 0 bridgehead atoms. The molecule has 1 atom stereocenters. The van der Waals surface area contributed by atoms with Crippen LogP contribution in [0, 0.1) is 0 Å². The largest absolute Gasteiger partial charge is 0.508 e. The highest BCUT2D eigenvalue weighted by Crippen LogP contribution is 2.19. The Bertz CT molecular complexity index is 1230. The summed E-state index contributed by atoms with van der Waals surface area (Å²) in [6, 6.07) is 19.0. The van der Waals surface area contributed by atoms with Gasteiger partial charge in [0.1, 0.15) is 17.5 Å². The molecule has 39 heavy (non-hydrogen) atoms. The van der Waals surface area contributed by atoms with Crippen LogP contribution in [0.2, 0.25) is 0 Å². The summed E-state index contributed by atoms with van der Waals surface area (Å²) in [6.45, 7) is 2.68. The van der Waals surface area contributed by atoms with E-state index in [-0.39, 0.29) is 29.5 Å². The number of hydrogen-bond acceptors (Lipinski definition) is 5. The minimum Gasteiger partial charge on any atom is -0.508 e. The first kappa shape index (κ1) is 29.2. The number of benzene rings is 3. The second-order valence-electron chi connectivity index (χ2n) is 9.33. The lowest BCUT2D eigenvalue weighted by Crippen LogP contribution is -2.48. The van der Waals surface area contributed by atoms with E-state index >= 15 is 0 Å². The number of nitrogens with one attached hydrogen (secondary N) is 3. The fraction of sp³-hybridized carbons (Fsp3) is 0.323. The van der Waals surface area contributed by atoms with Crippen molar-refractivity contribution in [3.05, 3.63) is 89.5 Å². The van der Waals surface area contributed by atoms with Crippen LogP contribution >= 0.6 is 0 Å². The number of rotatable bonds is 14. The average Bonchev–Trinajstić information content (AvgIpc) is 2.95. The normalized spacial score (nSPS) is 11.3. The predicted molar refractivity (Wildman–Crippen MR) is 152 cm³/mol. The Kier molecular flexibility index (Phi) is 11.4. The van der Waals surface area contributed by atoms with Crippen molar-refractivity contribution in [3.63, 3.8) is 0 Å². The molecule has 0 spiro atoms. The Balaban J connectivity index is 1.72. The molecule has 0 saturated carbocycles. The van der Waals surface area contributed by atoms with Gasteiger partial charge >= 0.3 is 0 Å². The van der Waals surface area contributed by atoms with Gasteiger partial charge in [0.05, 0.1) is 18.4 Å². The fourth-order valence-electron chi connectivity index (χ4n) is 4.10. The van der Waals surface area contributed by atoms with E-state index in [0.717, 1.165) is 31.2 Å². The lowest BCUT2D eigenvalue weighted by Gasteiger charge is -2.20. The smallest absolute Gasteiger partial charge is 0.255 e. The molecule has 4 N–H and O–H groups in total. The lowest BCUT2D eigenvalue weighted by atomic mass is 10.0. The van der Waals surface area contributed by atoms with Gasteiger partial charge in [-0.2, -0.15) is 0 Å². The van der Waals surface area contributed by atoms with Crippen LogP contribution in [0.3, 0.4) is 0 Å². The first-order chi connectivity index (χ1) is 18.9. The molecule has 8 heteroatoms. The molecule has 0 saturated heterocycles. The van der Waals surface area contributed by atoms with Gasteiger partial charge in [-0.3, -0.25) is 14.4 Å². The highest BCUT2D eigenvalue weighted by molar-refractivity contribution is 6.09. The molecule has 0 aromatic heterocycles. The van der Waals surface area contributed by atoms with Crippen molar-refractivity contribution in [1.82, 2.24) is 10.6 Å². The third-order valence-corrected chi connectivity index (χ3v) is 6.35. The van der Waals surface area contributed by atoms with Crippen molar-refractivity contribution in [2.45, 2.75) is 51.5 Å². The van der Waals surface area contributed by atoms with Gasteiger partial charge in [-0.15, -0.1) is 0 Å². The number of carbonyl (C=O) groups is 3. The molecule has 0 heterocycles. The molecule has 3 aromatic carbocycles. The van der Waals surface area contributed by atoms with E-state index in [1.54, 1.807) is 79.9 Å². The number of carbonyl (C=O) groups excluding carboxylic acids is 3. The molecular weight excluding hydrogens is 494 g/mol. The van der Waals surface area contributed by atoms with Crippen molar-refractivity contribution >= 4 is 23.4 Å². The summed E-state index contributed by atoms with van der Waals surface area (Å²) < 4.78 is 5.14. The summed E-state index contributed by atoms with van der Waals surface area (Å²) in [5.74, 6) is -0.392. The maximum Gasteiger partial charge on any atom is 0.255 e. The molecular formula is C31H37N3O5. The molecule has 0 radical (unpaired) electrons. The Morgan fingerprint density at radius 2 is 1.54 bits per heavy atom. The van der Waals surface area contributed by atoms with Gasteiger partial charge in [-0.1, -0.05) is 56.9 Å². The molecule has 3 amide bonds. The van der Waals surface area contributed by atoms with Gasteiger partial charge in [0.2, 0.25) is 5.91 Å². The molecule has 8 nitrogen and oxygen atoms in total. The number of methoxy groups -OCH3 is 1. The minimum atomic E-state index is -0.844. The van der Waals surface area contributed by atoms with E-state index in [9.17, 15) is 19.5 Å². The average molecular weight is 532 g/mol. The number of anilines is 1.